The molecular formula is C8H13N3O2. The van der Waals surface area contributed by atoms with Gasteiger partial charge in [0.2, 0.25) is 0 Å². The standard InChI is InChI=1S/C8H13N3O2/c1-2-3-4-5-6(8(12)13)10-11-7(5)9/h2-4H2,1H3,(H,12,13)(H3,9,10,11). The number of nitrogens with zero attached hydrogens (tertiary/aromatic N) is 1. The van der Waals surface area contributed by atoms with Crippen LogP contribution in [0.3, 0.4) is 0 Å². The number of carbonyl (C=O) groups is 1. The van der Waals surface area contributed by atoms with Gasteiger partial charge in [-0.1, -0.05) is 13.3 Å². The number of aromatic nitrogens is 2. The van der Waals surface area contributed by atoms with Crippen molar-refractivity contribution in [1.82, 2.24) is 10.2 Å². The SMILES string of the molecule is CCCCc1c(N)n[nH]c1C(=O)O. The molecule has 0 atom stereocenters. The number of carboxylic acid groups (broad SMARTS) is 1. The first-order chi connectivity index (χ1) is 6.16. The Labute approximate surface area is 75.9 Å². The summed E-state index contributed by atoms with van der Waals surface area (Å²) in [5.74, 6) is -0.707. The largest absolute Gasteiger partial charge is 0.477 e. The number of carboxylic acids is 1. The molecule has 0 unspecified atom stereocenters. The van der Waals surface area contributed by atoms with Crippen molar-refractivity contribution in [3.8, 4) is 0 Å². The summed E-state index contributed by atoms with van der Waals surface area (Å²) in [6, 6.07) is 0. The lowest BCUT2D eigenvalue weighted by Crippen LogP contribution is -2.02. The summed E-state index contributed by atoms with van der Waals surface area (Å²) in [7, 11) is 0. The van der Waals surface area contributed by atoms with E-state index in [2.05, 4.69) is 10.2 Å². The minimum absolute atomic E-state index is 0.117. The van der Waals surface area contributed by atoms with Gasteiger partial charge < -0.3 is 10.8 Å². The molecule has 1 aromatic rings. The van der Waals surface area contributed by atoms with Gasteiger partial charge in [0, 0.05) is 5.56 Å². The molecule has 4 N–H and O–H groups in total. The van der Waals surface area contributed by atoms with Crippen molar-refractivity contribution in [2.45, 2.75) is 26.2 Å². The van der Waals surface area contributed by atoms with Crippen molar-refractivity contribution >= 4 is 11.8 Å². The molecule has 0 spiro atoms. The highest BCUT2D eigenvalue weighted by Crippen LogP contribution is 2.16. The fourth-order valence-corrected chi connectivity index (χ4v) is 1.16. The van der Waals surface area contributed by atoms with E-state index in [1.807, 2.05) is 6.92 Å². The van der Waals surface area contributed by atoms with Crippen molar-refractivity contribution in [1.29, 1.82) is 0 Å². The maximum Gasteiger partial charge on any atom is 0.354 e. The van der Waals surface area contributed by atoms with Crippen LogP contribution in [0.25, 0.3) is 0 Å². The Hall–Kier alpha value is -1.52. The van der Waals surface area contributed by atoms with Gasteiger partial charge in [0.25, 0.3) is 0 Å². The van der Waals surface area contributed by atoms with E-state index in [0.29, 0.717) is 17.8 Å². The van der Waals surface area contributed by atoms with E-state index in [0.717, 1.165) is 12.8 Å². The molecule has 0 aliphatic heterocycles. The van der Waals surface area contributed by atoms with E-state index < -0.39 is 5.97 Å². The number of rotatable bonds is 4. The number of nitrogens with two attached hydrogens (primary N) is 1. The molecule has 0 amide bonds. The highest BCUT2D eigenvalue weighted by Gasteiger charge is 2.15. The molecule has 5 heteroatoms. The summed E-state index contributed by atoms with van der Waals surface area (Å²) in [4.78, 5) is 10.7. The van der Waals surface area contributed by atoms with E-state index in [4.69, 9.17) is 10.8 Å². The van der Waals surface area contributed by atoms with E-state index in [1.165, 1.54) is 0 Å². The van der Waals surface area contributed by atoms with Gasteiger partial charge in [0.05, 0.1) is 0 Å². The summed E-state index contributed by atoms with van der Waals surface area (Å²) < 4.78 is 0. The first-order valence-corrected chi connectivity index (χ1v) is 4.22. The summed E-state index contributed by atoms with van der Waals surface area (Å²) in [6.45, 7) is 2.04. The van der Waals surface area contributed by atoms with Crippen LogP contribution in [0.4, 0.5) is 5.82 Å². The first-order valence-electron chi connectivity index (χ1n) is 4.22. The van der Waals surface area contributed by atoms with Crippen LogP contribution in [0.2, 0.25) is 0 Å². The fourth-order valence-electron chi connectivity index (χ4n) is 1.16. The molecule has 1 heterocycles. The van der Waals surface area contributed by atoms with E-state index >= 15 is 0 Å². The normalized spacial score (nSPS) is 10.2. The summed E-state index contributed by atoms with van der Waals surface area (Å²) in [5, 5.41) is 14.8. The van der Waals surface area contributed by atoms with Crippen LogP contribution in [0.1, 0.15) is 35.8 Å². The predicted octanol–water partition coefficient (Wildman–Crippen LogP) is 1.03. The molecule has 13 heavy (non-hydrogen) atoms. The van der Waals surface area contributed by atoms with Gasteiger partial charge in [-0.05, 0) is 12.8 Å². The van der Waals surface area contributed by atoms with Crippen molar-refractivity contribution in [3.05, 3.63) is 11.3 Å². The van der Waals surface area contributed by atoms with Crippen molar-refractivity contribution in [2.75, 3.05) is 5.73 Å². The molecule has 0 fully saturated rings. The Bertz CT molecular complexity index is 306. The third kappa shape index (κ3) is 1.99. The number of nitrogens with one attached hydrogen (secondary N) is 1. The topological polar surface area (TPSA) is 92.0 Å². The summed E-state index contributed by atoms with van der Waals surface area (Å²) in [5.41, 5.74) is 6.25. The van der Waals surface area contributed by atoms with Gasteiger partial charge in [0.15, 0.2) is 0 Å². The second-order valence-electron chi connectivity index (χ2n) is 2.87. The number of aromatic carboxylic acids is 1. The molecule has 0 bridgehead atoms. The van der Waals surface area contributed by atoms with Crippen molar-refractivity contribution in [3.63, 3.8) is 0 Å². The smallest absolute Gasteiger partial charge is 0.354 e. The number of hydrogen-bond acceptors (Lipinski definition) is 3. The Morgan fingerprint density at radius 2 is 2.38 bits per heavy atom. The lowest BCUT2D eigenvalue weighted by molar-refractivity contribution is 0.0689. The van der Waals surface area contributed by atoms with Crippen molar-refractivity contribution < 1.29 is 9.90 Å². The minimum Gasteiger partial charge on any atom is -0.477 e. The van der Waals surface area contributed by atoms with E-state index in [9.17, 15) is 4.79 Å². The Morgan fingerprint density at radius 1 is 1.69 bits per heavy atom. The average Bonchev–Trinajstić information content (AvgIpc) is 2.43. The van der Waals surface area contributed by atoms with Gasteiger partial charge in [0.1, 0.15) is 11.5 Å². The van der Waals surface area contributed by atoms with Gasteiger partial charge >= 0.3 is 5.97 Å². The third-order valence-corrected chi connectivity index (χ3v) is 1.89. The summed E-state index contributed by atoms with van der Waals surface area (Å²) >= 11 is 0. The monoisotopic (exact) mass is 183 g/mol. The maximum atomic E-state index is 10.7. The van der Waals surface area contributed by atoms with Gasteiger partial charge in [-0.25, -0.2) is 4.79 Å². The van der Waals surface area contributed by atoms with Crippen molar-refractivity contribution in [2.24, 2.45) is 0 Å². The zero-order valence-corrected chi connectivity index (χ0v) is 7.50. The molecule has 72 valence electrons. The zero-order valence-electron chi connectivity index (χ0n) is 7.50. The Morgan fingerprint density at radius 3 is 2.92 bits per heavy atom. The summed E-state index contributed by atoms with van der Waals surface area (Å²) in [6.07, 6.45) is 2.59. The third-order valence-electron chi connectivity index (χ3n) is 1.89. The molecule has 1 aromatic heterocycles. The first kappa shape index (κ1) is 9.57. The fraction of sp³-hybridized carbons (Fsp3) is 0.500. The molecule has 0 saturated heterocycles. The molecule has 0 aliphatic rings. The predicted molar refractivity (Wildman–Crippen MR) is 48.6 cm³/mol. The van der Waals surface area contributed by atoms with Gasteiger partial charge in [-0.3, -0.25) is 5.10 Å². The lowest BCUT2D eigenvalue weighted by atomic mass is 10.1. The Kier molecular flexibility index (Phi) is 2.89. The molecule has 0 aliphatic carbocycles. The molecule has 0 saturated carbocycles. The lowest BCUT2D eigenvalue weighted by Gasteiger charge is -1.98. The second kappa shape index (κ2) is 3.93. The van der Waals surface area contributed by atoms with E-state index in [1.54, 1.807) is 0 Å². The highest BCUT2D eigenvalue weighted by molar-refractivity contribution is 5.88. The molecule has 1 rings (SSSR count). The van der Waals surface area contributed by atoms with Gasteiger partial charge in [-0.2, -0.15) is 5.10 Å². The van der Waals surface area contributed by atoms with Crippen LogP contribution < -0.4 is 5.73 Å². The molecular weight excluding hydrogens is 170 g/mol. The average molecular weight is 183 g/mol. The van der Waals surface area contributed by atoms with Crippen LogP contribution in [-0.4, -0.2) is 21.3 Å². The zero-order chi connectivity index (χ0) is 9.84. The van der Waals surface area contributed by atoms with Crippen LogP contribution in [-0.2, 0) is 6.42 Å². The van der Waals surface area contributed by atoms with Crippen LogP contribution in [0.5, 0.6) is 0 Å². The van der Waals surface area contributed by atoms with E-state index in [-0.39, 0.29) is 5.69 Å². The molecule has 0 aromatic carbocycles. The molecule has 0 radical (unpaired) electrons. The molecule has 5 nitrogen and oxygen atoms in total. The number of anilines is 1. The number of unbranched alkanes of at least 4 members (excludes halogenated alkanes) is 1. The van der Waals surface area contributed by atoms with Crippen LogP contribution >= 0.6 is 0 Å². The number of H-pyrrole nitrogens is 1. The minimum atomic E-state index is -1.00. The Balaban J connectivity index is 2.88. The van der Waals surface area contributed by atoms with Gasteiger partial charge in [-0.15, -0.1) is 0 Å². The van der Waals surface area contributed by atoms with Crippen LogP contribution in [0.15, 0.2) is 0 Å². The maximum absolute atomic E-state index is 10.7. The second-order valence-corrected chi connectivity index (χ2v) is 2.87. The number of aromatic amines is 1. The van der Waals surface area contributed by atoms with Crippen LogP contribution in [0, 0.1) is 0 Å². The number of hydrogen-bond donors (Lipinski definition) is 3. The highest BCUT2D eigenvalue weighted by atomic mass is 16.4. The quantitative estimate of drug-likeness (QED) is 0.650. The number of nitrogen functional groups attached to an aromatic ring is 1.